The Morgan fingerprint density at radius 2 is 1.86 bits per heavy atom. The molecule has 0 unspecified atom stereocenters. The number of anilines is 1. The third kappa shape index (κ3) is 5.43. The number of ether oxygens (including phenoxy) is 2. The molecule has 10 nitrogen and oxygen atoms in total. The lowest BCUT2D eigenvalue weighted by Crippen LogP contribution is -2.49. The van der Waals surface area contributed by atoms with Crippen LogP contribution in [0.2, 0.25) is 0 Å². The second-order valence-electron chi connectivity index (χ2n) is 10.8. The maximum absolute atomic E-state index is 13.5. The molecule has 2 fully saturated rings. The number of halogens is 3. The van der Waals surface area contributed by atoms with Crippen molar-refractivity contribution in [2.45, 2.75) is 50.6 Å². The number of benzene rings is 2. The molecule has 42 heavy (non-hydrogen) atoms. The standard InChI is InChI=1S/C29H29F3N4O6/c1-28(2,42-26(39)22-8-5-11-35(22)24(37)14-33)23-15-36(27(40)41-23)17-10-9-16-12-21(34-25(38)19(16)13-17)18-6-3-4-7-20(18)29(30,31)32/h3-4,6-7,9-10,12-13,22-23H,5,8,11,14-15,33H2,1-2H3,(H,34,38)/t22-,23-/m0/s1. The average Bonchev–Trinajstić information content (AvgIpc) is 3.59. The third-order valence-corrected chi connectivity index (χ3v) is 7.63. The lowest BCUT2D eigenvalue weighted by molar-refractivity contribution is -0.172. The molecule has 0 spiro atoms. The molecular weight excluding hydrogens is 557 g/mol. The first-order valence-corrected chi connectivity index (χ1v) is 13.3. The summed E-state index contributed by atoms with van der Waals surface area (Å²) in [5.41, 5.74) is 2.86. The Bertz CT molecular complexity index is 1620. The highest BCUT2D eigenvalue weighted by molar-refractivity contribution is 5.95. The number of hydrogen-bond acceptors (Lipinski definition) is 7. The van der Waals surface area contributed by atoms with Gasteiger partial charge in [-0.05, 0) is 56.3 Å². The zero-order valence-electron chi connectivity index (χ0n) is 22.9. The van der Waals surface area contributed by atoms with Crippen molar-refractivity contribution in [3.05, 3.63) is 64.4 Å². The largest absolute Gasteiger partial charge is 0.454 e. The maximum Gasteiger partial charge on any atom is 0.417 e. The summed E-state index contributed by atoms with van der Waals surface area (Å²) in [6.07, 6.45) is -5.14. The number of carbonyl (C=O) groups excluding carboxylic acids is 3. The molecule has 3 aromatic rings. The lowest BCUT2D eigenvalue weighted by atomic mass is 10.0. The predicted octanol–water partition coefficient (Wildman–Crippen LogP) is 3.81. The predicted molar refractivity (Wildman–Crippen MR) is 147 cm³/mol. The number of hydrogen-bond donors (Lipinski definition) is 2. The van der Waals surface area contributed by atoms with E-state index < -0.39 is 47.1 Å². The lowest BCUT2D eigenvalue weighted by Gasteiger charge is -2.32. The Balaban J connectivity index is 1.36. The molecule has 3 N–H and O–H groups in total. The van der Waals surface area contributed by atoms with Crippen molar-refractivity contribution in [2.75, 3.05) is 24.5 Å². The minimum absolute atomic E-state index is 0.00429. The van der Waals surface area contributed by atoms with Crippen molar-refractivity contribution in [3.63, 3.8) is 0 Å². The van der Waals surface area contributed by atoms with Crippen molar-refractivity contribution < 1.29 is 37.0 Å². The third-order valence-electron chi connectivity index (χ3n) is 7.63. The first-order chi connectivity index (χ1) is 19.8. The molecule has 2 atom stereocenters. The number of nitrogens with two attached hydrogens (primary N) is 1. The van der Waals surface area contributed by atoms with Gasteiger partial charge in [0.1, 0.15) is 11.6 Å². The van der Waals surface area contributed by atoms with Crippen molar-refractivity contribution in [2.24, 2.45) is 5.73 Å². The van der Waals surface area contributed by atoms with Gasteiger partial charge in [0.25, 0.3) is 5.56 Å². The van der Waals surface area contributed by atoms with Crippen LogP contribution in [-0.4, -0.2) is 65.2 Å². The molecule has 2 amide bonds. The minimum atomic E-state index is -4.61. The molecule has 2 aliphatic rings. The number of nitrogens with one attached hydrogen (secondary N) is 1. The van der Waals surface area contributed by atoms with Gasteiger partial charge < -0.3 is 25.1 Å². The second-order valence-corrected chi connectivity index (χ2v) is 10.8. The highest BCUT2D eigenvalue weighted by atomic mass is 19.4. The van der Waals surface area contributed by atoms with E-state index in [0.29, 0.717) is 30.5 Å². The first-order valence-electron chi connectivity index (χ1n) is 13.3. The van der Waals surface area contributed by atoms with Gasteiger partial charge in [0.2, 0.25) is 5.91 Å². The van der Waals surface area contributed by atoms with Gasteiger partial charge in [-0.2, -0.15) is 13.2 Å². The number of fused-ring (bicyclic) bond motifs is 1. The number of aromatic nitrogens is 1. The normalized spacial score (nSPS) is 19.3. The summed E-state index contributed by atoms with van der Waals surface area (Å²) >= 11 is 0. The molecule has 0 saturated carbocycles. The summed E-state index contributed by atoms with van der Waals surface area (Å²) in [5, 5.41) is 0.537. The topological polar surface area (TPSA) is 135 Å². The van der Waals surface area contributed by atoms with Crippen LogP contribution in [0.15, 0.2) is 53.3 Å². The van der Waals surface area contributed by atoms with Gasteiger partial charge in [-0.3, -0.25) is 14.5 Å². The van der Waals surface area contributed by atoms with E-state index in [2.05, 4.69) is 4.98 Å². The van der Waals surface area contributed by atoms with Gasteiger partial charge in [-0.25, -0.2) is 9.59 Å². The number of carbonyl (C=O) groups is 3. The summed E-state index contributed by atoms with van der Waals surface area (Å²) in [4.78, 5) is 56.1. The van der Waals surface area contributed by atoms with E-state index in [0.717, 1.165) is 6.07 Å². The SMILES string of the molecule is CC(C)(OC(=O)[C@@H]1CCCN1C(=O)CN)[C@@H]1CN(c2ccc3cc(-c4ccccc4C(F)(F)F)[nH]c(=O)c3c2)C(=O)O1. The Morgan fingerprint density at radius 1 is 1.12 bits per heavy atom. The number of cyclic esters (lactones) is 1. The molecule has 13 heteroatoms. The van der Waals surface area contributed by atoms with Crippen LogP contribution in [0, 0.1) is 0 Å². The fraction of sp³-hybridized carbons (Fsp3) is 0.379. The Hall–Kier alpha value is -4.39. The molecule has 222 valence electrons. The highest BCUT2D eigenvalue weighted by Crippen LogP contribution is 2.37. The van der Waals surface area contributed by atoms with Crippen LogP contribution in [0.1, 0.15) is 32.3 Å². The number of amides is 2. The van der Waals surface area contributed by atoms with Gasteiger partial charge in [-0.1, -0.05) is 24.3 Å². The molecule has 1 aromatic heterocycles. The summed E-state index contributed by atoms with van der Waals surface area (Å²) in [6, 6.07) is 10.2. The molecule has 5 rings (SSSR count). The fourth-order valence-electron chi connectivity index (χ4n) is 5.38. The van der Waals surface area contributed by atoms with Crippen molar-refractivity contribution >= 4 is 34.4 Å². The average molecular weight is 587 g/mol. The van der Waals surface area contributed by atoms with Crippen molar-refractivity contribution in [1.82, 2.24) is 9.88 Å². The summed E-state index contributed by atoms with van der Waals surface area (Å²) in [5.74, 6) is -0.970. The van der Waals surface area contributed by atoms with E-state index >= 15 is 0 Å². The summed E-state index contributed by atoms with van der Waals surface area (Å²) in [6.45, 7) is 3.37. The van der Waals surface area contributed by atoms with Crippen molar-refractivity contribution in [1.29, 1.82) is 0 Å². The van der Waals surface area contributed by atoms with Gasteiger partial charge in [0.15, 0.2) is 6.10 Å². The van der Waals surface area contributed by atoms with E-state index in [1.807, 2.05) is 0 Å². The first kappa shape index (κ1) is 29.1. The molecule has 2 saturated heterocycles. The van der Waals surface area contributed by atoms with Gasteiger partial charge in [0.05, 0.1) is 18.7 Å². The number of esters is 1. The molecule has 0 radical (unpaired) electrons. The molecule has 2 aromatic carbocycles. The van der Waals surface area contributed by atoms with Gasteiger partial charge in [-0.15, -0.1) is 0 Å². The quantitative estimate of drug-likeness (QED) is 0.420. The van der Waals surface area contributed by atoms with Crippen LogP contribution in [0.4, 0.5) is 23.7 Å². The van der Waals surface area contributed by atoms with E-state index in [-0.39, 0.29) is 35.6 Å². The van der Waals surface area contributed by atoms with Gasteiger partial charge in [0, 0.05) is 28.9 Å². The second kappa shape index (κ2) is 10.8. The van der Waals surface area contributed by atoms with Crippen LogP contribution in [0.25, 0.3) is 22.0 Å². The van der Waals surface area contributed by atoms with Crippen LogP contribution < -0.4 is 16.2 Å². The molecule has 0 aliphatic carbocycles. The van der Waals surface area contributed by atoms with E-state index in [1.165, 1.54) is 46.2 Å². The Kier molecular flexibility index (Phi) is 7.48. The number of alkyl halides is 3. The van der Waals surface area contributed by atoms with Crippen LogP contribution in [0.5, 0.6) is 0 Å². The number of H-pyrrole nitrogens is 1. The number of aromatic amines is 1. The van der Waals surface area contributed by atoms with Crippen LogP contribution in [-0.2, 0) is 25.2 Å². The van der Waals surface area contributed by atoms with Gasteiger partial charge >= 0.3 is 18.2 Å². The molecule has 2 aliphatic heterocycles. The highest BCUT2D eigenvalue weighted by Gasteiger charge is 2.46. The zero-order chi connectivity index (χ0) is 30.4. The number of rotatable bonds is 6. The Morgan fingerprint density at radius 3 is 2.57 bits per heavy atom. The fourth-order valence-corrected chi connectivity index (χ4v) is 5.38. The number of likely N-dealkylation sites (tertiary alicyclic amines) is 1. The van der Waals surface area contributed by atoms with E-state index in [9.17, 15) is 32.3 Å². The smallest absolute Gasteiger partial charge is 0.417 e. The minimum Gasteiger partial charge on any atom is -0.454 e. The maximum atomic E-state index is 13.5. The molecule has 3 heterocycles. The van der Waals surface area contributed by atoms with Crippen molar-refractivity contribution in [3.8, 4) is 11.3 Å². The van der Waals surface area contributed by atoms with Crippen LogP contribution >= 0.6 is 0 Å². The number of nitrogens with zero attached hydrogens (tertiary/aromatic N) is 2. The monoisotopic (exact) mass is 586 g/mol. The zero-order valence-corrected chi connectivity index (χ0v) is 22.9. The van der Waals surface area contributed by atoms with Crippen LogP contribution in [0.3, 0.4) is 0 Å². The van der Waals surface area contributed by atoms with E-state index in [4.69, 9.17) is 15.2 Å². The summed E-state index contributed by atoms with van der Waals surface area (Å²) < 4.78 is 51.9. The molecular formula is C29H29F3N4O6. The molecule has 0 bridgehead atoms. The van der Waals surface area contributed by atoms with E-state index in [1.54, 1.807) is 19.9 Å². The Labute approximate surface area is 238 Å². The summed E-state index contributed by atoms with van der Waals surface area (Å²) in [7, 11) is 0. The number of pyridine rings is 1.